The number of urea groups is 1. The molecule has 0 aromatic heterocycles. The number of nitrogens with two attached hydrogens (primary N) is 1. The van der Waals surface area contributed by atoms with Gasteiger partial charge in [-0.05, 0) is 24.3 Å². The topological polar surface area (TPSA) is 144 Å². The lowest BCUT2D eigenvalue weighted by atomic mass is 10.1. The van der Waals surface area contributed by atoms with Crippen molar-refractivity contribution in [2.24, 2.45) is 5.73 Å². The number of carbonyl (C=O) groups excluding carboxylic acids is 3. The van der Waals surface area contributed by atoms with Gasteiger partial charge in [0.2, 0.25) is 0 Å². The molecule has 2 aromatic rings. The van der Waals surface area contributed by atoms with Gasteiger partial charge in [-0.1, -0.05) is 30.3 Å². The van der Waals surface area contributed by atoms with E-state index in [1.165, 1.54) is 13.2 Å². The molecule has 0 bridgehead atoms. The van der Waals surface area contributed by atoms with Crippen molar-refractivity contribution in [3.8, 4) is 17.6 Å². The number of nitrogens with zero attached hydrogens (tertiary/aromatic N) is 1. The average Bonchev–Trinajstić information content (AvgIpc) is 2.70. The molecule has 0 aliphatic carbocycles. The summed E-state index contributed by atoms with van der Waals surface area (Å²) < 4.78 is 10.8. The Kier molecular flexibility index (Phi) is 7.33. The largest absolute Gasteiger partial charge is 0.493 e. The molecule has 2 rings (SSSR count). The fraction of sp³-hybridized carbons (Fsp3) is 0.100. The molecule has 0 heterocycles. The molecule has 0 saturated heterocycles. The van der Waals surface area contributed by atoms with E-state index in [0.717, 1.165) is 0 Å². The van der Waals surface area contributed by atoms with E-state index in [9.17, 15) is 19.6 Å². The second-order valence-corrected chi connectivity index (χ2v) is 5.57. The van der Waals surface area contributed by atoms with Crippen molar-refractivity contribution >= 4 is 29.6 Å². The SMILES string of the molecule is COc1cccc(/C=C(/C#N)C(=O)NC(N)=O)c1OCC(=O)Nc1ccccc1. The number of rotatable bonds is 7. The number of carbonyl (C=O) groups is 3. The van der Waals surface area contributed by atoms with Gasteiger partial charge in [-0.25, -0.2) is 4.79 Å². The van der Waals surface area contributed by atoms with Gasteiger partial charge in [-0.2, -0.15) is 5.26 Å². The maximum atomic E-state index is 12.1. The summed E-state index contributed by atoms with van der Waals surface area (Å²) in [6.07, 6.45) is 1.20. The van der Waals surface area contributed by atoms with E-state index in [-0.39, 0.29) is 17.9 Å². The van der Waals surface area contributed by atoms with Crippen LogP contribution in [0, 0.1) is 11.3 Å². The highest BCUT2D eigenvalue weighted by molar-refractivity contribution is 6.08. The van der Waals surface area contributed by atoms with Crippen LogP contribution in [0.2, 0.25) is 0 Å². The molecule has 4 N–H and O–H groups in total. The highest BCUT2D eigenvalue weighted by Gasteiger charge is 2.16. The number of para-hydroxylation sites is 2. The normalized spacial score (nSPS) is 10.4. The van der Waals surface area contributed by atoms with Gasteiger partial charge in [0.1, 0.15) is 11.6 Å². The summed E-state index contributed by atoms with van der Waals surface area (Å²) >= 11 is 0. The Morgan fingerprint density at radius 2 is 1.86 bits per heavy atom. The number of hydrogen-bond donors (Lipinski definition) is 3. The van der Waals surface area contributed by atoms with Crippen LogP contribution in [0.3, 0.4) is 0 Å². The van der Waals surface area contributed by atoms with Crippen LogP contribution in [0.4, 0.5) is 10.5 Å². The fourth-order valence-corrected chi connectivity index (χ4v) is 2.30. The van der Waals surface area contributed by atoms with Crippen LogP contribution < -0.4 is 25.8 Å². The Labute approximate surface area is 166 Å². The summed E-state index contributed by atoms with van der Waals surface area (Å²) in [4.78, 5) is 34.9. The molecule has 148 valence electrons. The molecule has 0 saturated carbocycles. The third kappa shape index (κ3) is 6.11. The predicted octanol–water partition coefficient (Wildman–Crippen LogP) is 1.81. The molecule has 0 aliphatic heterocycles. The first-order valence-corrected chi connectivity index (χ1v) is 8.32. The van der Waals surface area contributed by atoms with Gasteiger partial charge in [0.05, 0.1) is 7.11 Å². The number of primary amides is 1. The zero-order valence-corrected chi connectivity index (χ0v) is 15.5. The number of hydrogen-bond acceptors (Lipinski definition) is 6. The molecule has 29 heavy (non-hydrogen) atoms. The Bertz CT molecular complexity index is 980. The number of imide groups is 1. The van der Waals surface area contributed by atoms with Crippen molar-refractivity contribution in [1.82, 2.24) is 5.32 Å². The summed E-state index contributed by atoms with van der Waals surface area (Å²) in [5.41, 5.74) is 5.43. The van der Waals surface area contributed by atoms with Gasteiger partial charge in [-0.3, -0.25) is 14.9 Å². The van der Waals surface area contributed by atoms with Crippen LogP contribution in [0.25, 0.3) is 6.08 Å². The molecular formula is C20H18N4O5. The number of nitriles is 1. The fourth-order valence-electron chi connectivity index (χ4n) is 2.30. The van der Waals surface area contributed by atoms with E-state index in [1.54, 1.807) is 48.5 Å². The van der Waals surface area contributed by atoms with Crippen LogP contribution >= 0.6 is 0 Å². The predicted molar refractivity (Wildman–Crippen MR) is 105 cm³/mol. The second-order valence-electron chi connectivity index (χ2n) is 5.57. The minimum atomic E-state index is -1.09. The van der Waals surface area contributed by atoms with Crippen molar-refractivity contribution in [1.29, 1.82) is 5.26 Å². The number of methoxy groups -OCH3 is 1. The molecule has 0 fully saturated rings. The molecule has 0 aliphatic rings. The summed E-state index contributed by atoms with van der Waals surface area (Å²) in [5, 5.41) is 13.7. The Balaban J connectivity index is 2.23. The highest BCUT2D eigenvalue weighted by Crippen LogP contribution is 2.32. The lowest BCUT2D eigenvalue weighted by Crippen LogP contribution is -2.35. The highest BCUT2D eigenvalue weighted by atomic mass is 16.5. The number of anilines is 1. The molecule has 9 nitrogen and oxygen atoms in total. The standard InChI is InChI=1S/C20H18N4O5/c1-28-16-9-5-6-13(10-14(11-21)19(26)24-20(22)27)18(16)29-12-17(25)23-15-7-3-2-4-8-15/h2-10H,12H2,1H3,(H,23,25)(H3,22,24,26,27)/b14-10-. The van der Waals surface area contributed by atoms with Crippen molar-refractivity contribution in [3.63, 3.8) is 0 Å². The monoisotopic (exact) mass is 394 g/mol. The molecule has 2 aromatic carbocycles. The first-order valence-electron chi connectivity index (χ1n) is 8.32. The maximum absolute atomic E-state index is 12.1. The van der Waals surface area contributed by atoms with Gasteiger partial charge in [0.25, 0.3) is 11.8 Å². The third-order valence-corrected chi connectivity index (χ3v) is 3.54. The number of benzene rings is 2. The van der Waals surface area contributed by atoms with Gasteiger partial charge >= 0.3 is 6.03 Å². The van der Waals surface area contributed by atoms with Crippen LogP contribution in [0.5, 0.6) is 11.5 Å². The zero-order chi connectivity index (χ0) is 21.2. The maximum Gasteiger partial charge on any atom is 0.319 e. The second kappa shape index (κ2) is 10.1. The van der Waals surface area contributed by atoms with E-state index in [1.807, 2.05) is 11.4 Å². The number of ether oxygens (including phenoxy) is 2. The summed E-state index contributed by atoms with van der Waals surface area (Å²) in [7, 11) is 1.41. The van der Waals surface area contributed by atoms with Crippen molar-refractivity contribution in [3.05, 3.63) is 59.7 Å². The lowest BCUT2D eigenvalue weighted by molar-refractivity contribution is -0.118. The lowest BCUT2D eigenvalue weighted by Gasteiger charge is -2.13. The smallest absolute Gasteiger partial charge is 0.319 e. The van der Waals surface area contributed by atoms with Crippen LogP contribution in [-0.2, 0) is 9.59 Å². The van der Waals surface area contributed by atoms with Crippen molar-refractivity contribution < 1.29 is 23.9 Å². The van der Waals surface area contributed by atoms with Gasteiger partial charge in [0, 0.05) is 11.3 Å². The van der Waals surface area contributed by atoms with E-state index in [4.69, 9.17) is 15.2 Å². The summed E-state index contributed by atoms with van der Waals surface area (Å²) in [6.45, 7) is -0.342. The zero-order valence-electron chi connectivity index (χ0n) is 15.5. The van der Waals surface area contributed by atoms with Crippen LogP contribution in [0.15, 0.2) is 54.1 Å². The minimum Gasteiger partial charge on any atom is -0.493 e. The molecule has 0 unspecified atom stereocenters. The summed E-state index contributed by atoms with van der Waals surface area (Å²) in [6, 6.07) is 14.2. The molecule has 9 heteroatoms. The van der Waals surface area contributed by atoms with E-state index in [2.05, 4.69) is 5.32 Å². The molecule has 0 spiro atoms. The number of amides is 4. The average molecular weight is 394 g/mol. The molecular weight excluding hydrogens is 376 g/mol. The Morgan fingerprint density at radius 3 is 2.48 bits per heavy atom. The first-order chi connectivity index (χ1) is 13.9. The summed E-state index contributed by atoms with van der Waals surface area (Å²) in [5.74, 6) is -0.934. The quantitative estimate of drug-likeness (QED) is 0.483. The van der Waals surface area contributed by atoms with Gasteiger partial charge in [0.15, 0.2) is 18.1 Å². The van der Waals surface area contributed by atoms with Crippen molar-refractivity contribution in [2.45, 2.75) is 0 Å². The van der Waals surface area contributed by atoms with Crippen molar-refractivity contribution in [2.75, 3.05) is 19.0 Å². The number of nitrogens with one attached hydrogen (secondary N) is 2. The van der Waals surface area contributed by atoms with Gasteiger partial charge < -0.3 is 20.5 Å². The Hall–Kier alpha value is -4.32. The first kappa shape index (κ1) is 21.0. The van der Waals surface area contributed by atoms with E-state index in [0.29, 0.717) is 17.0 Å². The minimum absolute atomic E-state index is 0.151. The van der Waals surface area contributed by atoms with E-state index >= 15 is 0 Å². The third-order valence-electron chi connectivity index (χ3n) is 3.54. The molecule has 0 atom stereocenters. The Morgan fingerprint density at radius 1 is 1.14 bits per heavy atom. The molecule has 0 radical (unpaired) electrons. The van der Waals surface area contributed by atoms with E-state index < -0.39 is 17.8 Å². The van der Waals surface area contributed by atoms with Gasteiger partial charge in [-0.15, -0.1) is 0 Å². The molecule has 4 amide bonds. The van der Waals surface area contributed by atoms with Crippen LogP contribution in [-0.4, -0.2) is 31.6 Å². The van der Waals surface area contributed by atoms with Crippen LogP contribution in [0.1, 0.15) is 5.56 Å².